The van der Waals surface area contributed by atoms with Crippen molar-refractivity contribution in [2.24, 2.45) is 0 Å². The molecule has 0 atom stereocenters. The minimum atomic E-state index is 0.496. The number of nitrogens with one attached hydrogen (secondary N) is 1. The molecule has 0 saturated carbocycles. The Hall–Kier alpha value is -2.95. The summed E-state index contributed by atoms with van der Waals surface area (Å²) in [7, 11) is 0. The van der Waals surface area contributed by atoms with E-state index in [2.05, 4.69) is 26.0 Å². The molecule has 5 heteroatoms. The third kappa shape index (κ3) is 1.82. The zero-order valence-corrected chi connectivity index (χ0v) is 11.5. The average Bonchev–Trinajstić information content (AvgIpc) is 2.90. The Morgan fingerprint density at radius 1 is 1.05 bits per heavy atom. The minimum Gasteiger partial charge on any atom is -0.383 e. The maximum Gasteiger partial charge on any atom is 0.138 e. The molecule has 102 valence electrons. The molecule has 3 aromatic heterocycles. The Morgan fingerprint density at radius 3 is 2.86 bits per heavy atom. The first-order chi connectivity index (χ1) is 10.2. The van der Waals surface area contributed by atoms with E-state index < -0.39 is 0 Å². The van der Waals surface area contributed by atoms with Crippen molar-refractivity contribution < 1.29 is 0 Å². The number of hydrogen-bond donors (Lipinski definition) is 2. The van der Waals surface area contributed by atoms with Crippen molar-refractivity contribution in [1.82, 2.24) is 19.9 Å². The third-order valence-corrected chi connectivity index (χ3v) is 3.66. The van der Waals surface area contributed by atoms with Crippen LogP contribution in [0.3, 0.4) is 0 Å². The summed E-state index contributed by atoms with van der Waals surface area (Å²) >= 11 is 0. The van der Waals surface area contributed by atoms with Gasteiger partial charge in [0, 0.05) is 28.2 Å². The van der Waals surface area contributed by atoms with Gasteiger partial charge in [0.1, 0.15) is 17.8 Å². The molecular weight excluding hydrogens is 262 g/mol. The molecule has 0 radical (unpaired) electrons. The van der Waals surface area contributed by atoms with Crippen molar-refractivity contribution in [3.05, 3.63) is 48.5 Å². The molecule has 4 aromatic rings. The topological polar surface area (TPSA) is 80.5 Å². The highest BCUT2D eigenvalue weighted by Crippen LogP contribution is 2.30. The molecule has 0 bridgehead atoms. The van der Waals surface area contributed by atoms with Crippen molar-refractivity contribution in [1.29, 1.82) is 0 Å². The number of aryl methyl sites for hydroxylation is 1. The summed E-state index contributed by atoms with van der Waals surface area (Å²) in [5, 5.41) is 1.96. The van der Waals surface area contributed by atoms with E-state index in [9.17, 15) is 0 Å². The standard InChI is InChI=1S/C16H13N5/c1-9-2-4-11-13(7-18-16(11)21-9)10-3-5-14-12(6-10)15(17)20-8-19-14/h2-8H,1H3,(H,18,21)(H2,17,19,20). The number of nitrogens with zero attached hydrogens (tertiary/aromatic N) is 3. The lowest BCUT2D eigenvalue weighted by atomic mass is 10.0. The number of nitrogen functional groups attached to an aromatic ring is 1. The first-order valence-electron chi connectivity index (χ1n) is 6.68. The van der Waals surface area contributed by atoms with E-state index in [4.69, 9.17) is 5.73 Å². The van der Waals surface area contributed by atoms with Crippen LogP contribution in [0.2, 0.25) is 0 Å². The van der Waals surface area contributed by atoms with Crippen LogP contribution in [-0.4, -0.2) is 19.9 Å². The SMILES string of the molecule is Cc1ccc2c(-c3ccc4ncnc(N)c4c3)c[nH]c2n1. The van der Waals surface area contributed by atoms with Crippen molar-refractivity contribution in [3.8, 4) is 11.1 Å². The largest absolute Gasteiger partial charge is 0.383 e. The fraction of sp³-hybridized carbons (Fsp3) is 0.0625. The van der Waals surface area contributed by atoms with Gasteiger partial charge < -0.3 is 10.7 Å². The van der Waals surface area contributed by atoms with Gasteiger partial charge in [-0.3, -0.25) is 0 Å². The molecule has 0 amide bonds. The molecule has 0 spiro atoms. The summed E-state index contributed by atoms with van der Waals surface area (Å²) in [5.74, 6) is 0.496. The second-order valence-electron chi connectivity index (χ2n) is 5.04. The van der Waals surface area contributed by atoms with E-state index in [1.165, 1.54) is 6.33 Å². The fourth-order valence-electron chi connectivity index (χ4n) is 2.59. The van der Waals surface area contributed by atoms with Crippen LogP contribution in [0.15, 0.2) is 42.9 Å². The molecule has 5 nitrogen and oxygen atoms in total. The van der Waals surface area contributed by atoms with Gasteiger partial charge in [0.15, 0.2) is 0 Å². The molecule has 21 heavy (non-hydrogen) atoms. The van der Waals surface area contributed by atoms with E-state index in [1.54, 1.807) is 0 Å². The molecule has 0 aliphatic rings. The quantitative estimate of drug-likeness (QED) is 0.559. The monoisotopic (exact) mass is 275 g/mol. The van der Waals surface area contributed by atoms with Crippen molar-refractivity contribution in [2.45, 2.75) is 6.92 Å². The van der Waals surface area contributed by atoms with Gasteiger partial charge in [-0.15, -0.1) is 0 Å². The van der Waals surface area contributed by atoms with Gasteiger partial charge in [0.25, 0.3) is 0 Å². The molecule has 0 fully saturated rings. The number of fused-ring (bicyclic) bond motifs is 2. The third-order valence-electron chi connectivity index (χ3n) is 3.66. The normalized spacial score (nSPS) is 11.3. The van der Waals surface area contributed by atoms with Crippen molar-refractivity contribution in [3.63, 3.8) is 0 Å². The van der Waals surface area contributed by atoms with E-state index >= 15 is 0 Å². The van der Waals surface area contributed by atoms with Crippen LogP contribution >= 0.6 is 0 Å². The Kier molecular flexibility index (Phi) is 2.41. The second-order valence-corrected chi connectivity index (χ2v) is 5.04. The van der Waals surface area contributed by atoms with Gasteiger partial charge in [-0.25, -0.2) is 15.0 Å². The summed E-state index contributed by atoms with van der Waals surface area (Å²) < 4.78 is 0. The average molecular weight is 275 g/mol. The number of aromatic amines is 1. The van der Waals surface area contributed by atoms with Crippen molar-refractivity contribution >= 4 is 27.8 Å². The lowest BCUT2D eigenvalue weighted by Gasteiger charge is -2.04. The Bertz CT molecular complexity index is 971. The van der Waals surface area contributed by atoms with Crippen molar-refractivity contribution in [2.75, 3.05) is 5.73 Å². The maximum absolute atomic E-state index is 5.94. The van der Waals surface area contributed by atoms with Gasteiger partial charge in [0.2, 0.25) is 0 Å². The predicted molar refractivity (Wildman–Crippen MR) is 83.8 cm³/mol. The molecule has 0 unspecified atom stereocenters. The first kappa shape index (κ1) is 11.8. The van der Waals surface area contributed by atoms with Crippen LogP contribution in [0.25, 0.3) is 33.1 Å². The van der Waals surface area contributed by atoms with E-state index in [0.29, 0.717) is 5.82 Å². The number of anilines is 1. The number of pyridine rings is 1. The van der Waals surface area contributed by atoms with Gasteiger partial charge in [0.05, 0.1) is 5.52 Å². The zero-order valence-electron chi connectivity index (χ0n) is 11.5. The highest BCUT2D eigenvalue weighted by Gasteiger charge is 2.09. The molecular formula is C16H13N5. The number of benzene rings is 1. The summed E-state index contributed by atoms with van der Waals surface area (Å²) in [4.78, 5) is 16.0. The van der Waals surface area contributed by atoms with Crippen LogP contribution in [0.5, 0.6) is 0 Å². The maximum atomic E-state index is 5.94. The molecule has 3 N–H and O–H groups in total. The summed E-state index contributed by atoms with van der Waals surface area (Å²) in [6.45, 7) is 1.98. The number of hydrogen-bond acceptors (Lipinski definition) is 4. The Morgan fingerprint density at radius 2 is 1.95 bits per heavy atom. The number of rotatable bonds is 1. The van der Waals surface area contributed by atoms with Gasteiger partial charge in [-0.05, 0) is 36.8 Å². The van der Waals surface area contributed by atoms with Gasteiger partial charge in [-0.2, -0.15) is 0 Å². The molecule has 3 heterocycles. The Labute approximate surface area is 120 Å². The predicted octanol–water partition coefficient (Wildman–Crippen LogP) is 3.06. The Balaban J connectivity index is 1.98. The molecule has 4 rings (SSSR count). The van der Waals surface area contributed by atoms with E-state index in [0.717, 1.165) is 38.8 Å². The second kappa shape index (κ2) is 4.28. The molecule has 0 saturated heterocycles. The lowest BCUT2D eigenvalue weighted by Crippen LogP contribution is -1.93. The van der Waals surface area contributed by atoms with Crippen LogP contribution in [0.1, 0.15) is 5.69 Å². The summed E-state index contributed by atoms with van der Waals surface area (Å²) in [6, 6.07) is 10.1. The molecule has 1 aromatic carbocycles. The van der Waals surface area contributed by atoms with Crippen LogP contribution in [0, 0.1) is 6.92 Å². The fourth-order valence-corrected chi connectivity index (χ4v) is 2.59. The number of nitrogens with two attached hydrogens (primary N) is 1. The van der Waals surface area contributed by atoms with E-state index in [1.807, 2.05) is 37.4 Å². The first-order valence-corrected chi connectivity index (χ1v) is 6.68. The van der Waals surface area contributed by atoms with Crippen LogP contribution < -0.4 is 5.73 Å². The smallest absolute Gasteiger partial charge is 0.138 e. The highest BCUT2D eigenvalue weighted by atomic mass is 14.9. The zero-order chi connectivity index (χ0) is 14.4. The highest BCUT2D eigenvalue weighted by molar-refractivity contribution is 5.98. The lowest BCUT2D eigenvalue weighted by molar-refractivity contribution is 1.22. The van der Waals surface area contributed by atoms with Gasteiger partial charge in [-0.1, -0.05) is 6.07 Å². The van der Waals surface area contributed by atoms with E-state index in [-0.39, 0.29) is 0 Å². The number of H-pyrrole nitrogens is 1. The number of aromatic nitrogens is 4. The molecule has 0 aliphatic heterocycles. The van der Waals surface area contributed by atoms with Crippen LogP contribution in [-0.2, 0) is 0 Å². The summed E-state index contributed by atoms with van der Waals surface area (Å²) in [6.07, 6.45) is 3.45. The summed E-state index contributed by atoms with van der Waals surface area (Å²) in [5.41, 5.74) is 10.8. The van der Waals surface area contributed by atoms with Gasteiger partial charge >= 0.3 is 0 Å². The van der Waals surface area contributed by atoms with Crippen LogP contribution in [0.4, 0.5) is 5.82 Å². The molecule has 0 aliphatic carbocycles. The minimum absolute atomic E-state index is 0.496.